The summed E-state index contributed by atoms with van der Waals surface area (Å²) in [5.74, 6) is -1.60. The molecule has 1 atom stereocenters. The molecule has 1 saturated heterocycles. The van der Waals surface area contributed by atoms with Crippen molar-refractivity contribution in [2.24, 2.45) is 0 Å². The van der Waals surface area contributed by atoms with Crippen molar-refractivity contribution in [3.8, 4) is 0 Å². The number of carbonyl (C=O) groups is 2. The second-order valence-corrected chi connectivity index (χ2v) is 4.83. The maximum atomic E-state index is 11.9. The first kappa shape index (κ1) is 14.0. The number of rotatable bonds is 5. The number of hydrogen-bond acceptors (Lipinski definition) is 4. The third-order valence-electron chi connectivity index (χ3n) is 3.00. The first-order chi connectivity index (χ1) is 8.00. The van der Waals surface area contributed by atoms with Gasteiger partial charge in [-0.2, -0.15) is 0 Å². The van der Waals surface area contributed by atoms with E-state index in [0.717, 1.165) is 37.3 Å². The molecule has 1 aliphatic rings. The highest BCUT2D eigenvalue weighted by Gasteiger charge is 2.32. The average molecular weight is 243 g/mol. The lowest BCUT2D eigenvalue weighted by Gasteiger charge is -2.30. The first-order valence-electron chi connectivity index (χ1n) is 6.25. The number of nitrogens with one attached hydrogen (secondary N) is 1. The van der Waals surface area contributed by atoms with Crippen LogP contribution in [0.25, 0.3) is 0 Å². The number of esters is 1. The molecule has 17 heavy (non-hydrogen) atoms. The maximum Gasteiger partial charge on any atom is 0.365 e. The Morgan fingerprint density at radius 3 is 2.29 bits per heavy atom. The maximum absolute atomic E-state index is 11.9. The van der Waals surface area contributed by atoms with Gasteiger partial charge in [0.1, 0.15) is 0 Å². The summed E-state index contributed by atoms with van der Waals surface area (Å²) in [6, 6.07) is -0.609. The zero-order chi connectivity index (χ0) is 12.8. The van der Waals surface area contributed by atoms with E-state index in [4.69, 9.17) is 4.74 Å². The Morgan fingerprint density at radius 2 is 1.82 bits per heavy atom. The van der Waals surface area contributed by atoms with Crippen LogP contribution >= 0.6 is 0 Å². The van der Waals surface area contributed by atoms with Crippen LogP contribution < -0.4 is 10.0 Å². The van der Waals surface area contributed by atoms with E-state index in [0.29, 0.717) is 0 Å². The van der Waals surface area contributed by atoms with E-state index in [1.165, 1.54) is 0 Å². The second kappa shape index (κ2) is 6.59. The van der Waals surface area contributed by atoms with Crippen molar-refractivity contribution >= 4 is 11.9 Å². The lowest BCUT2D eigenvalue weighted by atomic mass is 10.1. The molecule has 5 heteroatoms. The zero-order valence-corrected chi connectivity index (χ0v) is 10.5. The third kappa shape index (κ3) is 4.73. The molecule has 0 unspecified atom stereocenters. The van der Waals surface area contributed by atoms with E-state index in [1.807, 2.05) is 0 Å². The van der Waals surface area contributed by atoms with Crippen LogP contribution in [0.5, 0.6) is 0 Å². The molecule has 1 fully saturated rings. The van der Waals surface area contributed by atoms with E-state index in [2.05, 4.69) is 0 Å². The summed E-state index contributed by atoms with van der Waals surface area (Å²) in [4.78, 5) is 23.6. The Bertz CT molecular complexity index is 272. The molecule has 5 nitrogen and oxygen atoms in total. The van der Waals surface area contributed by atoms with Gasteiger partial charge in [-0.1, -0.05) is 0 Å². The summed E-state index contributed by atoms with van der Waals surface area (Å²) < 4.78 is 5.12. The topological polar surface area (TPSA) is 70.9 Å². The Labute approximate surface area is 102 Å². The summed E-state index contributed by atoms with van der Waals surface area (Å²) in [6.45, 7) is 5.20. The molecule has 0 aliphatic carbocycles. The van der Waals surface area contributed by atoms with Crippen LogP contribution in [0.15, 0.2) is 0 Å². The number of ether oxygens (including phenoxy) is 1. The summed E-state index contributed by atoms with van der Waals surface area (Å²) >= 11 is 0. The number of likely N-dealkylation sites (tertiary alicyclic amines) is 1. The number of carbonyl (C=O) groups excluding carboxylic acids is 2. The number of hydrogen-bond donors (Lipinski definition) is 1. The zero-order valence-electron chi connectivity index (χ0n) is 10.5. The molecule has 0 aromatic heterocycles. The van der Waals surface area contributed by atoms with Crippen LogP contribution in [0.1, 0.15) is 39.5 Å². The standard InChI is InChI=1S/C12H21NO4/c1-9(2)17-12(16)10(8-11(14)15)13-6-4-3-5-7-13/h9-10H,3-8H2,1-2H3,(H,14,15)/t10-/m0/s1. The van der Waals surface area contributed by atoms with Crippen molar-refractivity contribution in [2.45, 2.75) is 51.7 Å². The molecular weight excluding hydrogens is 222 g/mol. The van der Waals surface area contributed by atoms with Crippen LogP contribution in [-0.4, -0.2) is 37.2 Å². The number of quaternary nitrogens is 1. The lowest BCUT2D eigenvalue weighted by molar-refractivity contribution is -0.921. The molecule has 1 N–H and O–H groups in total. The molecule has 1 aliphatic heterocycles. The highest BCUT2D eigenvalue weighted by Crippen LogP contribution is 2.01. The predicted octanol–water partition coefficient (Wildman–Crippen LogP) is -1.48. The molecule has 98 valence electrons. The van der Waals surface area contributed by atoms with E-state index in [9.17, 15) is 14.7 Å². The smallest absolute Gasteiger partial charge is 0.365 e. The average Bonchev–Trinajstić information content (AvgIpc) is 2.25. The summed E-state index contributed by atoms with van der Waals surface area (Å²) in [5, 5.41) is 10.7. The third-order valence-corrected chi connectivity index (χ3v) is 3.00. The number of carboxylic acid groups (broad SMARTS) is 1. The minimum absolute atomic E-state index is 0.212. The molecule has 0 saturated carbocycles. The minimum Gasteiger partial charge on any atom is -0.550 e. The van der Waals surface area contributed by atoms with Gasteiger partial charge in [-0.15, -0.1) is 0 Å². The van der Waals surface area contributed by atoms with Crippen LogP contribution in [0.3, 0.4) is 0 Å². The fourth-order valence-corrected chi connectivity index (χ4v) is 2.23. The molecule has 1 heterocycles. The fraction of sp³-hybridized carbons (Fsp3) is 0.833. The highest BCUT2D eigenvalue weighted by atomic mass is 16.5. The van der Waals surface area contributed by atoms with Gasteiger partial charge in [0.15, 0.2) is 6.04 Å². The van der Waals surface area contributed by atoms with Gasteiger partial charge in [-0.25, -0.2) is 4.79 Å². The van der Waals surface area contributed by atoms with Crippen molar-refractivity contribution in [2.75, 3.05) is 13.1 Å². The largest absolute Gasteiger partial charge is 0.550 e. The first-order valence-corrected chi connectivity index (χ1v) is 6.25. The highest BCUT2D eigenvalue weighted by molar-refractivity contribution is 5.80. The van der Waals surface area contributed by atoms with Gasteiger partial charge in [-0.3, -0.25) is 0 Å². The van der Waals surface area contributed by atoms with Gasteiger partial charge in [0.05, 0.1) is 25.6 Å². The summed E-state index contributed by atoms with van der Waals surface area (Å²) in [6.07, 6.45) is 2.76. The van der Waals surface area contributed by atoms with Gasteiger partial charge in [0.2, 0.25) is 0 Å². The van der Waals surface area contributed by atoms with Gasteiger partial charge in [-0.05, 0) is 33.1 Å². The Morgan fingerprint density at radius 1 is 1.24 bits per heavy atom. The van der Waals surface area contributed by atoms with Crippen LogP contribution in [0, 0.1) is 0 Å². The minimum atomic E-state index is -1.19. The Balaban J connectivity index is 2.64. The predicted molar refractivity (Wildman–Crippen MR) is 59.2 cm³/mol. The number of piperidine rings is 1. The Kier molecular flexibility index (Phi) is 5.41. The summed E-state index contributed by atoms with van der Waals surface area (Å²) in [7, 11) is 0. The lowest BCUT2D eigenvalue weighted by Crippen LogP contribution is -3.17. The molecule has 1 rings (SSSR count). The Hall–Kier alpha value is -1.10. The molecule has 0 spiro atoms. The number of aliphatic carboxylic acids is 1. The fourth-order valence-electron chi connectivity index (χ4n) is 2.23. The molecule has 0 amide bonds. The molecule has 0 radical (unpaired) electrons. The van der Waals surface area contributed by atoms with Crippen molar-refractivity contribution in [3.63, 3.8) is 0 Å². The van der Waals surface area contributed by atoms with Crippen LogP contribution in [-0.2, 0) is 14.3 Å². The monoisotopic (exact) mass is 243 g/mol. The van der Waals surface area contributed by atoms with E-state index >= 15 is 0 Å². The van der Waals surface area contributed by atoms with Gasteiger partial charge in [0, 0.05) is 5.97 Å². The van der Waals surface area contributed by atoms with Crippen molar-refractivity contribution in [1.29, 1.82) is 0 Å². The summed E-state index contributed by atoms with van der Waals surface area (Å²) in [5.41, 5.74) is 0. The number of carboxylic acids is 1. The van der Waals surface area contributed by atoms with Gasteiger partial charge in [0.25, 0.3) is 0 Å². The molecule has 0 aromatic carbocycles. The quantitative estimate of drug-likeness (QED) is 0.598. The molecule has 0 aromatic rings. The van der Waals surface area contributed by atoms with Crippen LogP contribution in [0.2, 0.25) is 0 Å². The van der Waals surface area contributed by atoms with Gasteiger partial charge >= 0.3 is 5.97 Å². The normalized spacial score (nSPS) is 19.0. The van der Waals surface area contributed by atoms with Crippen molar-refractivity contribution in [3.05, 3.63) is 0 Å². The SMILES string of the molecule is CC(C)OC(=O)[C@H](CC(=O)[O-])[NH+]1CCCCC1. The molecular formula is C12H21NO4. The van der Waals surface area contributed by atoms with Crippen molar-refractivity contribution in [1.82, 2.24) is 0 Å². The van der Waals surface area contributed by atoms with Gasteiger partial charge < -0.3 is 19.5 Å². The van der Waals surface area contributed by atoms with E-state index in [-0.39, 0.29) is 12.5 Å². The van der Waals surface area contributed by atoms with Crippen molar-refractivity contribution < 1.29 is 24.3 Å². The van der Waals surface area contributed by atoms with E-state index in [1.54, 1.807) is 13.8 Å². The van der Waals surface area contributed by atoms with Crippen LogP contribution in [0.4, 0.5) is 0 Å². The van der Waals surface area contributed by atoms with E-state index < -0.39 is 18.0 Å². The molecule has 0 bridgehead atoms. The second-order valence-electron chi connectivity index (χ2n) is 4.83.